The van der Waals surface area contributed by atoms with Gasteiger partial charge >= 0.3 is 12.0 Å². The van der Waals surface area contributed by atoms with Gasteiger partial charge in [-0.25, -0.2) is 14.6 Å². The lowest BCUT2D eigenvalue weighted by atomic mass is 10.2. The molecule has 1 aromatic heterocycles. The van der Waals surface area contributed by atoms with E-state index in [2.05, 4.69) is 34.4 Å². The Kier molecular flexibility index (Phi) is 7.24. The molecule has 1 fully saturated rings. The van der Waals surface area contributed by atoms with E-state index in [1.54, 1.807) is 37.4 Å². The van der Waals surface area contributed by atoms with Crippen LogP contribution in [0.3, 0.4) is 0 Å². The van der Waals surface area contributed by atoms with Gasteiger partial charge in [-0.15, -0.1) is 0 Å². The van der Waals surface area contributed by atoms with Crippen molar-refractivity contribution in [2.75, 3.05) is 29.9 Å². The first-order chi connectivity index (χ1) is 14.4. The summed E-state index contributed by atoms with van der Waals surface area (Å²) >= 11 is 0. The third-order valence-corrected chi connectivity index (χ3v) is 4.66. The minimum atomic E-state index is -0.384. The highest BCUT2D eigenvalue weighted by Crippen LogP contribution is 2.18. The Bertz CT molecular complexity index is 844. The van der Waals surface area contributed by atoms with Gasteiger partial charge in [-0.3, -0.25) is 0 Å². The summed E-state index contributed by atoms with van der Waals surface area (Å²) < 4.78 is 10.7. The van der Waals surface area contributed by atoms with E-state index in [0.29, 0.717) is 24.4 Å². The van der Waals surface area contributed by atoms with Gasteiger partial charge in [0.1, 0.15) is 5.82 Å². The summed E-state index contributed by atoms with van der Waals surface area (Å²) in [4.78, 5) is 30.5. The molecular weight excluding hydrogens is 384 g/mol. The SMILES string of the molecule is CCOC(=O)c1ccc(NC(=O)NCc2ccc(N3C[C@@H](C)O[C@H](C)C3)nc2)cc1. The highest BCUT2D eigenvalue weighted by Gasteiger charge is 2.22. The number of anilines is 2. The number of esters is 1. The van der Waals surface area contributed by atoms with Crippen LogP contribution in [-0.2, 0) is 16.0 Å². The highest BCUT2D eigenvalue weighted by atomic mass is 16.5. The zero-order chi connectivity index (χ0) is 21.5. The number of urea groups is 1. The number of pyridine rings is 1. The molecule has 1 aliphatic heterocycles. The van der Waals surface area contributed by atoms with Crippen molar-refractivity contribution >= 4 is 23.5 Å². The van der Waals surface area contributed by atoms with Crippen LogP contribution in [0.5, 0.6) is 0 Å². The van der Waals surface area contributed by atoms with Gasteiger partial charge < -0.3 is 25.0 Å². The Morgan fingerprint density at radius 2 is 1.83 bits per heavy atom. The van der Waals surface area contributed by atoms with E-state index in [9.17, 15) is 9.59 Å². The fourth-order valence-corrected chi connectivity index (χ4v) is 3.33. The number of carbonyl (C=O) groups excluding carboxylic acids is 2. The number of rotatable bonds is 6. The van der Waals surface area contributed by atoms with Gasteiger partial charge in [0.15, 0.2) is 0 Å². The van der Waals surface area contributed by atoms with Crippen molar-refractivity contribution in [3.63, 3.8) is 0 Å². The van der Waals surface area contributed by atoms with Crippen LogP contribution in [0.1, 0.15) is 36.7 Å². The van der Waals surface area contributed by atoms with Crippen LogP contribution in [0.25, 0.3) is 0 Å². The summed E-state index contributed by atoms with van der Waals surface area (Å²) in [5, 5.41) is 5.54. The molecule has 0 unspecified atom stereocenters. The van der Waals surface area contributed by atoms with Crippen LogP contribution in [0, 0.1) is 0 Å². The molecular formula is C22H28N4O4. The quantitative estimate of drug-likeness (QED) is 0.708. The number of hydrogen-bond donors (Lipinski definition) is 2. The Labute approximate surface area is 176 Å². The van der Waals surface area contributed by atoms with Crippen LogP contribution >= 0.6 is 0 Å². The minimum Gasteiger partial charge on any atom is -0.462 e. The van der Waals surface area contributed by atoms with E-state index in [1.165, 1.54) is 0 Å². The molecule has 2 heterocycles. The second-order valence-electron chi connectivity index (χ2n) is 7.29. The maximum Gasteiger partial charge on any atom is 0.338 e. The Morgan fingerprint density at radius 1 is 1.13 bits per heavy atom. The number of morpholine rings is 1. The first-order valence-corrected chi connectivity index (χ1v) is 10.1. The van der Waals surface area contributed by atoms with E-state index in [-0.39, 0.29) is 24.2 Å². The average Bonchev–Trinajstić information content (AvgIpc) is 2.72. The summed E-state index contributed by atoms with van der Waals surface area (Å²) in [7, 11) is 0. The lowest BCUT2D eigenvalue weighted by Crippen LogP contribution is -2.45. The van der Waals surface area contributed by atoms with Crippen molar-refractivity contribution in [2.24, 2.45) is 0 Å². The highest BCUT2D eigenvalue weighted by molar-refractivity contribution is 5.92. The van der Waals surface area contributed by atoms with E-state index in [1.807, 2.05) is 12.1 Å². The van der Waals surface area contributed by atoms with E-state index >= 15 is 0 Å². The Balaban J connectivity index is 1.48. The predicted molar refractivity (Wildman–Crippen MR) is 115 cm³/mol. The molecule has 2 amide bonds. The summed E-state index contributed by atoms with van der Waals surface area (Å²) in [5.41, 5.74) is 1.93. The number of hydrogen-bond acceptors (Lipinski definition) is 6. The van der Waals surface area contributed by atoms with Gasteiger partial charge in [0.2, 0.25) is 0 Å². The molecule has 0 bridgehead atoms. The summed E-state index contributed by atoms with van der Waals surface area (Å²) in [6.07, 6.45) is 2.12. The van der Waals surface area contributed by atoms with Crippen molar-refractivity contribution in [3.05, 3.63) is 53.7 Å². The van der Waals surface area contributed by atoms with Gasteiger partial charge in [0.25, 0.3) is 0 Å². The van der Waals surface area contributed by atoms with Crippen molar-refractivity contribution in [1.29, 1.82) is 0 Å². The van der Waals surface area contributed by atoms with Crippen LogP contribution in [0.4, 0.5) is 16.3 Å². The molecule has 2 atom stereocenters. The summed E-state index contributed by atoms with van der Waals surface area (Å²) in [6.45, 7) is 8.18. The second-order valence-corrected chi connectivity index (χ2v) is 7.29. The number of benzene rings is 1. The molecule has 160 valence electrons. The maximum absolute atomic E-state index is 12.1. The summed E-state index contributed by atoms with van der Waals surface area (Å²) in [6, 6.07) is 10.1. The first kappa shape index (κ1) is 21.6. The zero-order valence-corrected chi connectivity index (χ0v) is 17.6. The molecule has 0 aliphatic carbocycles. The van der Waals surface area contributed by atoms with Crippen LogP contribution < -0.4 is 15.5 Å². The number of nitrogens with one attached hydrogen (secondary N) is 2. The molecule has 2 N–H and O–H groups in total. The third kappa shape index (κ3) is 5.93. The number of nitrogens with zero attached hydrogens (tertiary/aromatic N) is 2. The van der Waals surface area contributed by atoms with Crippen LogP contribution in [0.2, 0.25) is 0 Å². The van der Waals surface area contributed by atoms with Gasteiger partial charge in [-0.1, -0.05) is 6.07 Å². The molecule has 2 aromatic rings. The average molecular weight is 412 g/mol. The number of aromatic nitrogens is 1. The van der Waals surface area contributed by atoms with Gasteiger partial charge in [0, 0.05) is 31.5 Å². The topological polar surface area (TPSA) is 92.8 Å². The van der Waals surface area contributed by atoms with Gasteiger partial charge in [-0.05, 0) is 56.7 Å². The summed E-state index contributed by atoms with van der Waals surface area (Å²) in [5.74, 6) is 0.525. The monoisotopic (exact) mass is 412 g/mol. The van der Waals surface area contributed by atoms with E-state index < -0.39 is 0 Å². The molecule has 0 spiro atoms. The molecule has 0 radical (unpaired) electrons. The van der Waals surface area contributed by atoms with Crippen LogP contribution in [-0.4, -0.2) is 48.9 Å². The van der Waals surface area contributed by atoms with Crippen molar-refractivity contribution < 1.29 is 19.1 Å². The van der Waals surface area contributed by atoms with Crippen molar-refractivity contribution in [3.8, 4) is 0 Å². The van der Waals surface area contributed by atoms with Crippen molar-refractivity contribution in [2.45, 2.75) is 39.5 Å². The second kappa shape index (κ2) is 10.1. The molecule has 1 saturated heterocycles. The first-order valence-electron chi connectivity index (χ1n) is 10.1. The third-order valence-electron chi connectivity index (χ3n) is 4.66. The Hall–Kier alpha value is -3.13. The molecule has 0 saturated carbocycles. The van der Waals surface area contributed by atoms with E-state index in [0.717, 1.165) is 24.5 Å². The Morgan fingerprint density at radius 3 is 2.43 bits per heavy atom. The fraction of sp³-hybridized carbons (Fsp3) is 0.409. The molecule has 1 aliphatic rings. The molecule has 1 aromatic carbocycles. The largest absolute Gasteiger partial charge is 0.462 e. The number of ether oxygens (including phenoxy) is 2. The molecule has 3 rings (SSSR count). The fourth-order valence-electron chi connectivity index (χ4n) is 3.33. The zero-order valence-electron chi connectivity index (χ0n) is 17.6. The minimum absolute atomic E-state index is 0.173. The number of amides is 2. The van der Waals surface area contributed by atoms with Gasteiger partial charge in [0.05, 0.1) is 24.4 Å². The smallest absolute Gasteiger partial charge is 0.338 e. The van der Waals surface area contributed by atoms with E-state index in [4.69, 9.17) is 9.47 Å². The lowest BCUT2D eigenvalue weighted by Gasteiger charge is -2.36. The predicted octanol–water partition coefficient (Wildman–Crippen LogP) is 3.19. The molecule has 8 nitrogen and oxygen atoms in total. The standard InChI is InChI=1S/C22H28N4O4/c1-4-29-21(27)18-6-8-19(9-7-18)25-22(28)24-12-17-5-10-20(23-11-17)26-13-15(2)30-16(3)14-26/h5-11,15-16H,4,12-14H2,1-3H3,(H2,24,25,28)/t15-,16-/m1/s1. The van der Waals surface area contributed by atoms with Crippen molar-refractivity contribution in [1.82, 2.24) is 10.3 Å². The molecule has 30 heavy (non-hydrogen) atoms. The normalized spacial score (nSPS) is 18.6. The number of carbonyl (C=O) groups is 2. The lowest BCUT2D eigenvalue weighted by molar-refractivity contribution is -0.00546. The van der Waals surface area contributed by atoms with Gasteiger partial charge in [-0.2, -0.15) is 0 Å². The maximum atomic E-state index is 12.1. The molecule has 8 heteroatoms. The van der Waals surface area contributed by atoms with Crippen LogP contribution in [0.15, 0.2) is 42.6 Å².